The van der Waals surface area contributed by atoms with Crippen molar-refractivity contribution in [2.45, 2.75) is 46.1 Å². The summed E-state index contributed by atoms with van der Waals surface area (Å²) in [6.07, 6.45) is 1.94. The Labute approximate surface area is 169 Å². The first-order valence-electron chi connectivity index (χ1n) is 9.91. The van der Waals surface area contributed by atoms with Crippen molar-refractivity contribution in [1.82, 2.24) is 9.80 Å². The molecule has 1 aliphatic heterocycles. The number of benzene rings is 1. The summed E-state index contributed by atoms with van der Waals surface area (Å²) in [4.78, 5) is 39.1. The highest BCUT2D eigenvalue weighted by molar-refractivity contribution is 5.95. The predicted octanol–water partition coefficient (Wildman–Crippen LogP) is 2.92. The zero-order valence-electron chi connectivity index (χ0n) is 17.1. The number of carbonyl (C=O) groups excluding carboxylic acids is 2. The van der Waals surface area contributed by atoms with E-state index in [0.29, 0.717) is 6.54 Å². The van der Waals surface area contributed by atoms with Crippen LogP contribution < -0.4 is 0 Å². The maximum atomic E-state index is 14.2. The summed E-state index contributed by atoms with van der Waals surface area (Å²) in [5.74, 6) is -1.76. The standard InChI is InChI=1S/C20H28FN3O5/c1-4-22-9-6-7-16(22)13-23(10-8-19(25)29-5-2)20(26)15-11-17(21)14(3)18(12-15)24(27)28/h11-12,16H,4-10,13H2,1-3H3. The van der Waals surface area contributed by atoms with Crippen LogP contribution in [0.25, 0.3) is 0 Å². The summed E-state index contributed by atoms with van der Waals surface area (Å²) in [5.41, 5.74) is -0.642. The number of esters is 1. The molecule has 1 saturated heterocycles. The van der Waals surface area contributed by atoms with E-state index < -0.39 is 28.3 Å². The van der Waals surface area contributed by atoms with Gasteiger partial charge in [0.1, 0.15) is 5.82 Å². The van der Waals surface area contributed by atoms with Gasteiger partial charge in [0.2, 0.25) is 0 Å². The van der Waals surface area contributed by atoms with E-state index >= 15 is 0 Å². The number of likely N-dealkylation sites (N-methyl/N-ethyl adjacent to an activating group) is 1. The van der Waals surface area contributed by atoms with E-state index in [1.54, 1.807) is 6.92 Å². The highest BCUT2D eigenvalue weighted by atomic mass is 19.1. The van der Waals surface area contributed by atoms with E-state index in [1.165, 1.54) is 11.8 Å². The minimum atomic E-state index is -0.802. The van der Waals surface area contributed by atoms with Crippen molar-refractivity contribution in [2.24, 2.45) is 0 Å². The first kappa shape index (κ1) is 22.7. The Bertz CT molecular complexity index is 771. The Hall–Kier alpha value is -2.55. The van der Waals surface area contributed by atoms with E-state index in [-0.39, 0.29) is 36.7 Å². The smallest absolute Gasteiger partial charge is 0.307 e. The summed E-state index contributed by atoms with van der Waals surface area (Å²) < 4.78 is 19.1. The average Bonchev–Trinajstić information content (AvgIpc) is 3.13. The molecule has 1 heterocycles. The minimum Gasteiger partial charge on any atom is -0.466 e. The normalized spacial score (nSPS) is 16.6. The van der Waals surface area contributed by atoms with E-state index in [4.69, 9.17) is 4.74 Å². The molecular weight excluding hydrogens is 381 g/mol. The molecule has 29 heavy (non-hydrogen) atoms. The second-order valence-electron chi connectivity index (χ2n) is 7.09. The van der Waals surface area contributed by atoms with Crippen LogP contribution in [0.2, 0.25) is 0 Å². The van der Waals surface area contributed by atoms with Crippen LogP contribution >= 0.6 is 0 Å². The van der Waals surface area contributed by atoms with Crippen LogP contribution in [0, 0.1) is 22.9 Å². The third-order valence-electron chi connectivity index (χ3n) is 5.28. The number of likely N-dealkylation sites (tertiary alicyclic amines) is 1. The number of carbonyl (C=O) groups is 2. The Morgan fingerprint density at radius 3 is 2.72 bits per heavy atom. The van der Waals surface area contributed by atoms with Crippen LogP contribution in [0.3, 0.4) is 0 Å². The van der Waals surface area contributed by atoms with Crippen LogP contribution in [0.15, 0.2) is 12.1 Å². The van der Waals surface area contributed by atoms with Crippen molar-refractivity contribution in [1.29, 1.82) is 0 Å². The summed E-state index contributed by atoms with van der Waals surface area (Å²) in [7, 11) is 0. The molecular formula is C20H28FN3O5. The SMILES string of the molecule is CCOC(=O)CCN(CC1CCCN1CC)C(=O)c1cc(F)c(C)c([N+](=O)[O-])c1. The van der Waals surface area contributed by atoms with Crippen molar-refractivity contribution in [2.75, 3.05) is 32.8 Å². The van der Waals surface area contributed by atoms with Crippen LogP contribution in [0.5, 0.6) is 0 Å². The number of halogens is 1. The first-order chi connectivity index (χ1) is 13.8. The number of rotatable bonds is 9. The van der Waals surface area contributed by atoms with Crippen LogP contribution in [0.4, 0.5) is 10.1 Å². The number of nitro groups is 1. The highest BCUT2D eigenvalue weighted by Gasteiger charge is 2.29. The molecule has 1 amide bonds. The Morgan fingerprint density at radius 1 is 1.38 bits per heavy atom. The Kier molecular flexibility index (Phi) is 8.07. The quantitative estimate of drug-likeness (QED) is 0.354. The highest BCUT2D eigenvalue weighted by Crippen LogP contribution is 2.25. The van der Waals surface area contributed by atoms with Gasteiger partial charge in [-0.05, 0) is 45.8 Å². The predicted molar refractivity (Wildman–Crippen MR) is 105 cm³/mol. The molecule has 0 bridgehead atoms. The number of nitrogens with zero attached hydrogens (tertiary/aromatic N) is 3. The molecule has 160 valence electrons. The molecule has 0 saturated carbocycles. The van der Waals surface area contributed by atoms with Gasteiger partial charge in [-0.25, -0.2) is 4.39 Å². The fraction of sp³-hybridized carbons (Fsp3) is 0.600. The number of ether oxygens (including phenoxy) is 1. The van der Waals surface area contributed by atoms with Crippen molar-refractivity contribution in [3.05, 3.63) is 39.2 Å². The Morgan fingerprint density at radius 2 is 2.10 bits per heavy atom. The summed E-state index contributed by atoms with van der Waals surface area (Å²) in [6.45, 7) is 7.55. The molecule has 2 rings (SSSR count). The van der Waals surface area contributed by atoms with Gasteiger partial charge >= 0.3 is 5.97 Å². The van der Waals surface area contributed by atoms with Gasteiger partial charge in [0.25, 0.3) is 11.6 Å². The number of hydrogen-bond acceptors (Lipinski definition) is 6. The molecule has 9 heteroatoms. The van der Waals surface area contributed by atoms with Crippen LogP contribution in [-0.2, 0) is 9.53 Å². The molecule has 8 nitrogen and oxygen atoms in total. The fourth-order valence-corrected chi connectivity index (χ4v) is 3.67. The van der Waals surface area contributed by atoms with Gasteiger partial charge in [0, 0.05) is 30.8 Å². The average molecular weight is 409 g/mol. The van der Waals surface area contributed by atoms with Gasteiger partial charge in [-0.15, -0.1) is 0 Å². The molecule has 1 unspecified atom stereocenters. The van der Waals surface area contributed by atoms with E-state index in [1.807, 2.05) is 6.92 Å². The molecule has 1 fully saturated rings. The second-order valence-corrected chi connectivity index (χ2v) is 7.09. The van der Waals surface area contributed by atoms with E-state index in [0.717, 1.165) is 38.1 Å². The lowest BCUT2D eigenvalue weighted by Gasteiger charge is -2.30. The van der Waals surface area contributed by atoms with Gasteiger partial charge in [0.05, 0.1) is 23.5 Å². The molecule has 0 aliphatic carbocycles. The molecule has 0 spiro atoms. The van der Waals surface area contributed by atoms with E-state index in [2.05, 4.69) is 4.90 Å². The fourth-order valence-electron chi connectivity index (χ4n) is 3.67. The maximum absolute atomic E-state index is 14.2. The van der Waals surface area contributed by atoms with Crippen molar-refractivity contribution in [3.63, 3.8) is 0 Å². The minimum absolute atomic E-state index is 0.00879. The van der Waals surface area contributed by atoms with Gasteiger partial charge in [-0.3, -0.25) is 24.6 Å². The third-order valence-corrected chi connectivity index (χ3v) is 5.28. The lowest BCUT2D eigenvalue weighted by molar-refractivity contribution is -0.385. The molecule has 0 radical (unpaired) electrons. The monoisotopic (exact) mass is 409 g/mol. The summed E-state index contributed by atoms with van der Waals surface area (Å²) in [6, 6.07) is 2.26. The summed E-state index contributed by atoms with van der Waals surface area (Å²) in [5, 5.41) is 11.2. The zero-order valence-corrected chi connectivity index (χ0v) is 17.1. The van der Waals surface area contributed by atoms with Crippen LogP contribution in [-0.4, -0.2) is 65.4 Å². The van der Waals surface area contributed by atoms with Crippen LogP contribution in [0.1, 0.15) is 49.0 Å². The lowest BCUT2D eigenvalue weighted by atomic mass is 10.1. The van der Waals surface area contributed by atoms with E-state index in [9.17, 15) is 24.1 Å². The topological polar surface area (TPSA) is 93.0 Å². The molecule has 0 N–H and O–H groups in total. The molecule has 1 aromatic rings. The first-order valence-corrected chi connectivity index (χ1v) is 9.91. The molecule has 0 aromatic heterocycles. The number of hydrogen-bond donors (Lipinski definition) is 0. The molecule has 1 atom stereocenters. The second kappa shape index (κ2) is 10.3. The molecule has 1 aliphatic rings. The van der Waals surface area contributed by atoms with Crippen molar-refractivity contribution >= 4 is 17.6 Å². The van der Waals surface area contributed by atoms with Gasteiger partial charge in [0.15, 0.2) is 0 Å². The van der Waals surface area contributed by atoms with Gasteiger partial charge < -0.3 is 9.64 Å². The number of amides is 1. The third kappa shape index (κ3) is 5.72. The largest absolute Gasteiger partial charge is 0.466 e. The van der Waals surface area contributed by atoms with Gasteiger partial charge in [-0.1, -0.05) is 6.92 Å². The maximum Gasteiger partial charge on any atom is 0.307 e. The zero-order chi connectivity index (χ0) is 21.6. The molecule has 1 aromatic carbocycles. The summed E-state index contributed by atoms with van der Waals surface area (Å²) >= 11 is 0. The van der Waals surface area contributed by atoms with Crippen molar-refractivity contribution in [3.8, 4) is 0 Å². The van der Waals surface area contributed by atoms with Crippen molar-refractivity contribution < 1.29 is 23.6 Å². The number of nitro benzene ring substituents is 1. The lowest BCUT2D eigenvalue weighted by Crippen LogP contribution is -2.44. The van der Waals surface area contributed by atoms with Gasteiger partial charge in [-0.2, -0.15) is 0 Å². The Balaban J connectivity index is 2.27.